The largest absolute Gasteiger partial charge is 0.376 e. The van der Waals surface area contributed by atoms with E-state index in [1.165, 1.54) is 50.2 Å². The van der Waals surface area contributed by atoms with Crippen LogP contribution in [0.15, 0.2) is 53.6 Å². The SMILES string of the molecule is CC1=CC(C)C(c2ccccc2C(C)(C)Nc2c(C)cc(C)cc2C)=C1C. The molecule has 0 fully saturated rings. The van der Waals surface area contributed by atoms with Crippen LogP contribution in [0, 0.1) is 26.7 Å². The number of benzene rings is 2. The van der Waals surface area contributed by atoms with Crippen LogP contribution in [0.5, 0.6) is 0 Å². The molecule has 1 unspecified atom stereocenters. The summed E-state index contributed by atoms with van der Waals surface area (Å²) in [6, 6.07) is 13.4. The molecule has 3 rings (SSSR count). The van der Waals surface area contributed by atoms with Gasteiger partial charge in [-0.2, -0.15) is 0 Å². The van der Waals surface area contributed by atoms with E-state index in [1.54, 1.807) is 0 Å². The van der Waals surface area contributed by atoms with E-state index in [0.717, 1.165) is 0 Å². The predicted molar refractivity (Wildman–Crippen MR) is 119 cm³/mol. The molecule has 1 nitrogen and oxygen atoms in total. The lowest BCUT2D eigenvalue weighted by Gasteiger charge is -2.33. The predicted octanol–water partition coefficient (Wildman–Crippen LogP) is 7.33. The van der Waals surface area contributed by atoms with Gasteiger partial charge in [-0.15, -0.1) is 0 Å². The Morgan fingerprint density at radius 2 is 1.48 bits per heavy atom. The van der Waals surface area contributed by atoms with Crippen LogP contribution in [0.3, 0.4) is 0 Å². The molecule has 0 aromatic heterocycles. The molecular weight excluding hydrogens is 326 g/mol. The molecule has 2 aromatic rings. The van der Waals surface area contributed by atoms with E-state index in [2.05, 4.69) is 103 Å². The molecule has 1 heteroatoms. The molecule has 0 radical (unpaired) electrons. The van der Waals surface area contributed by atoms with Gasteiger partial charge in [0.05, 0.1) is 5.54 Å². The number of rotatable bonds is 4. The highest BCUT2D eigenvalue weighted by atomic mass is 15.0. The lowest BCUT2D eigenvalue weighted by atomic mass is 9.83. The first kappa shape index (κ1) is 19.5. The van der Waals surface area contributed by atoms with Crippen LogP contribution in [-0.4, -0.2) is 0 Å². The highest BCUT2D eigenvalue weighted by Crippen LogP contribution is 2.42. The smallest absolute Gasteiger partial charge is 0.0575 e. The average Bonchev–Trinajstić information content (AvgIpc) is 2.83. The molecule has 27 heavy (non-hydrogen) atoms. The fraction of sp³-hybridized carbons (Fsp3) is 0.385. The first-order chi connectivity index (χ1) is 12.6. The van der Waals surface area contributed by atoms with E-state index in [-0.39, 0.29) is 5.54 Å². The average molecular weight is 360 g/mol. The molecule has 142 valence electrons. The van der Waals surface area contributed by atoms with Crippen molar-refractivity contribution in [3.8, 4) is 0 Å². The van der Waals surface area contributed by atoms with Crippen molar-refractivity contribution in [1.82, 2.24) is 0 Å². The minimum absolute atomic E-state index is 0.176. The second-order valence-corrected chi connectivity index (χ2v) is 8.75. The molecule has 1 N–H and O–H groups in total. The van der Waals surface area contributed by atoms with E-state index < -0.39 is 0 Å². The molecule has 0 saturated heterocycles. The molecule has 2 aromatic carbocycles. The Bertz CT molecular complexity index is 917. The van der Waals surface area contributed by atoms with Crippen molar-refractivity contribution in [3.63, 3.8) is 0 Å². The number of anilines is 1. The third kappa shape index (κ3) is 3.60. The number of hydrogen-bond donors (Lipinski definition) is 1. The maximum absolute atomic E-state index is 3.86. The van der Waals surface area contributed by atoms with Crippen molar-refractivity contribution in [2.45, 2.75) is 60.9 Å². The number of hydrogen-bond acceptors (Lipinski definition) is 1. The Morgan fingerprint density at radius 3 is 2.04 bits per heavy atom. The van der Waals surface area contributed by atoms with Crippen LogP contribution in [-0.2, 0) is 5.54 Å². The first-order valence-corrected chi connectivity index (χ1v) is 9.97. The first-order valence-electron chi connectivity index (χ1n) is 9.97. The van der Waals surface area contributed by atoms with Crippen molar-refractivity contribution in [3.05, 3.63) is 81.4 Å². The fourth-order valence-corrected chi connectivity index (χ4v) is 4.60. The van der Waals surface area contributed by atoms with E-state index in [4.69, 9.17) is 0 Å². The van der Waals surface area contributed by atoms with Crippen LogP contribution in [0.25, 0.3) is 5.57 Å². The molecule has 0 aliphatic heterocycles. The molecule has 0 spiro atoms. The summed E-state index contributed by atoms with van der Waals surface area (Å²) in [5.74, 6) is 0.463. The van der Waals surface area contributed by atoms with Crippen molar-refractivity contribution in [1.29, 1.82) is 0 Å². The van der Waals surface area contributed by atoms with Gasteiger partial charge in [0.1, 0.15) is 0 Å². The van der Waals surface area contributed by atoms with Crippen molar-refractivity contribution < 1.29 is 0 Å². The summed E-state index contributed by atoms with van der Waals surface area (Å²) in [5.41, 5.74) is 12.0. The summed E-state index contributed by atoms with van der Waals surface area (Å²) >= 11 is 0. The fourth-order valence-electron chi connectivity index (χ4n) is 4.60. The van der Waals surface area contributed by atoms with Gasteiger partial charge in [0.25, 0.3) is 0 Å². The zero-order valence-electron chi connectivity index (χ0n) is 18.1. The molecule has 1 aliphatic carbocycles. The molecule has 0 amide bonds. The Hall–Kier alpha value is -2.28. The number of nitrogens with one attached hydrogen (secondary N) is 1. The minimum Gasteiger partial charge on any atom is -0.376 e. The quantitative estimate of drug-likeness (QED) is 0.602. The minimum atomic E-state index is -0.176. The monoisotopic (exact) mass is 359 g/mol. The van der Waals surface area contributed by atoms with Gasteiger partial charge in [-0.05, 0) is 81.9 Å². The highest BCUT2D eigenvalue weighted by molar-refractivity contribution is 5.80. The van der Waals surface area contributed by atoms with Crippen molar-refractivity contribution in [2.75, 3.05) is 5.32 Å². The molecule has 1 atom stereocenters. The van der Waals surface area contributed by atoms with Crippen molar-refractivity contribution >= 4 is 11.3 Å². The second kappa shape index (κ2) is 7.03. The maximum Gasteiger partial charge on any atom is 0.0575 e. The van der Waals surface area contributed by atoms with E-state index in [0.29, 0.717) is 5.92 Å². The lowest BCUT2D eigenvalue weighted by molar-refractivity contribution is 0.605. The molecule has 0 bridgehead atoms. The summed E-state index contributed by atoms with van der Waals surface area (Å²) in [4.78, 5) is 0. The van der Waals surface area contributed by atoms with Gasteiger partial charge in [-0.25, -0.2) is 0 Å². The second-order valence-electron chi connectivity index (χ2n) is 8.75. The van der Waals surface area contributed by atoms with E-state index >= 15 is 0 Å². The summed E-state index contributed by atoms with van der Waals surface area (Å²) in [5, 5.41) is 3.86. The normalized spacial score (nSPS) is 17.3. The number of allylic oxidation sites excluding steroid dienone is 4. The summed E-state index contributed by atoms with van der Waals surface area (Å²) in [6.45, 7) is 17.9. The van der Waals surface area contributed by atoms with Gasteiger partial charge in [-0.1, -0.05) is 60.5 Å². The summed E-state index contributed by atoms with van der Waals surface area (Å²) in [7, 11) is 0. The lowest BCUT2D eigenvalue weighted by Crippen LogP contribution is -2.30. The standard InChI is InChI=1S/C26H33N/c1-16-13-19(4)25(20(5)14-16)27-26(7,8)23-12-10-9-11-22(23)24-18(3)15-17(2)21(24)6/h9-15,18,27H,1-8H3. The van der Waals surface area contributed by atoms with Crippen LogP contribution in [0.4, 0.5) is 5.69 Å². The van der Waals surface area contributed by atoms with Crippen LogP contribution in [0.1, 0.15) is 62.4 Å². The van der Waals surface area contributed by atoms with Crippen LogP contribution in [0.2, 0.25) is 0 Å². The molecular formula is C26H33N. The van der Waals surface area contributed by atoms with Gasteiger partial charge in [-0.3, -0.25) is 0 Å². The summed E-state index contributed by atoms with van der Waals surface area (Å²) in [6.07, 6.45) is 2.39. The zero-order valence-corrected chi connectivity index (χ0v) is 18.1. The van der Waals surface area contributed by atoms with Gasteiger partial charge < -0.3 is 5.32 Å². The Kier molecular flexibility index (Phi) is 5.08. The van der Waals surface area contributed by atoms with Gasteiger partial charge in [0.15, 0.2) is 0 Å². The third-order valence-electron chi connectivity index (χ3n) is 5.96. The Balaban J connectivity index is 2.07. The van der Waals surface area contributed by atoms with Crippen molar-refractivity contribution in [2.24, 2.45) is 5.92 Å². The Labute approximate surface area is 165 Å². The number of aryl methyl sites for hydroxylation is 3. The molecule has 0 heterocycles. The van der Waals surface area contributed by atoms with E-state index in [1.807, 2.05) is 0 Å². The highest BCUT2D eigenvalue weighted by Gasteiger charge is 2.29. The third-order valence-corrected chi connectivity index (χ3v) is 5.96. The molecule has 0 saturated carbocycles. The zero-order chi connectivity index (χ0) is 19.9. The molecule has 1 aliphatic rings. The summed E-state index contributed by atoms with van der Waals surface area (Å²) < 4.78 is 0. The van der Waals surface area contributed by atoms with Gasteiger partial charge in [0, 0.05) is 11.6 Å². The van der Waals surface area contributed by atoms with Crippen LogP contribution < -0.4 is 5.32 Å². The van der Waals surface area contributed by atoms with Crippen LogP contribution >= 0.6 is 0 Å². The Morgan fingerprint density at radius 1 is 0.889 bits per heavy atom. The van der Waals surface area contributed by atoms with Gasteiger partial charge in [0.2, 0.25) is 0 Å². The maximum atomic E-state index is 3.86. The van der Waals surface area contributed by atoms with E-state index in [9.17, 15) is 0 Å². The van der Waals surface area contributed by atoms with Gasteiger partial charge >= 0.3 is 0 Å². The topological polar surface area (TPSA) is 12.0 Å².